The molecule has 0 aliphatic heterocycles. The van der Waals surface area contributed by atoms with Crippen molar-refractivity contribution in [2.24, 2.45) is 0 Å². The summed E-state index contributed by atoms with van der Waals surface area (Å²) in [7, 11) is 3.33. The third kappa shape index (κ3) is 5.29. The van der Waals surface area contributed by atoms with Crippen LogP contribution in [0.4, 0.5) is 5.69 Å². The van der Waals surface area contributed by atoms with Gasteiger partial charge in [-0.3, -0.25) is 0 Å². The van der Waals surface area contributed by atoms with Gasteiger partial charge in [0, 0.05) is 22.9 Å². The van der Waals surface area contributed by atoms with Crippen LogP contribution in [-0.2, 0) is 0 Å². The van der Waals surface area contributed by atoms with Crippen LogP contribution in [0, 0.1) is 6.92 Å². The SMILES string of the molecule is CCCC.COc1cc(N)ccc1-c1ccc(-c2ccc(C)cc2)cc1OC. The number of rotatable bonds is 5. The Morgan fingerprint density at radius 3 is 1.71 bits per heavy atom. The van der Waals surface area contributed by atoms with Crippen LogP contribution in [0.2, 0.25) is 0 Å². The van der Waals surface area contributed by atoms with Crippen LogP contribution in [0.5, 0.6) is 11.5 Å². The molecule has 2 N–H and O–H groups in total. The highest BCUT2D eigenvalue weighted by molar-refractivity contribution is 5.80. The first-order valence-electron chi connectivity index (χ1n) is 9.73. The van der Waals surface area contributed by atoms with E-state index in [9.17, 15) is 0 Å². The van der Waals surface area contributed by atoms with E-state index in [1.54, 1.807) is 14.2 Å². The van der Waals surface area contributed by atoms with Gasteiger partial charge in [0.25, 0.3) is 0 Å². The normalized spacial score (nSPS) is 10.0. The molecule has 0 unspecified atom stereocenters. The Labute approximate surface area is 169 Å². The zero-order chi connectivity index (χ0) is 20.5. The van der Waals surface area contributed by atoms with Crippen LogP contribution < -0.4 is 15.2 Å². The summed E-state index contributed by atoms with van der Waals surface area (Å²) in [4.78, 5) is 0. The van der Waals surface area contributed by atoms with Gasteiger partial charge in [0.2, 0.25) is 0 Å². The van der Waals surface area contributed by atoms with Crippen LogP contribution in [0.25, 0.3) is 22.3 Å². The van der Waals surface area contributed by atoms with E-state index < -0.39 is 0 Å². The summed E-state index contributed by atoms with van der Waals surface area (Å²) in [5.74, 6) is 1.53. The zero-order valence-corrected chi connectivity index (χ0v) is 17.6. The predicted molar refractivity (Wildman–Crippen MR) is 120 cm³/mol. The fourth-order valence-electron chi connectivity index (χ4n) is 2.77. The summed E-state index contributed by atoms with van der Waals surface area (Å²) >= 11 is 0. The molecule has 0 spiro atoms. The fraction of sp³-hybridized carbons (Fsp3) is 0.280. The number of benzene rings is 3. The molecule has 148 valence electrons. The molecule has 0 aromatic heterocycles. The average molecular weight is 378 g/mol. The Morgan fingerprint density at radius 1 is 0.679 bits per heavy atom. The van der Waals surface area contributed by atoms with Crippen LogP contribution in [-0.4, -0.2) is 14.2 Å². The van der Waals surface area contributed by atoms with Crippen molar-refractivity contribution in [3.8, 4) is 33.8 Å². The molecule has 0 heterocycles. The summed E-state index contributed by atoms with van der Waals surface area (Å²) in [6.07, 6.45) is 2.64. The molecule has 0 radical (unpaired) electrons. The van der Waals surface area contributed by atoms with E-state index in [0.29, 0.717) is 5.69 Å². The Balaban J connectivity index is 0.000000640. The Bertz CT molecular complexity index is 884. The third-order valence-corrected chi connectivity index (χ3v) is 4.60. The maximum absolute atomic E-state index is 5.85. The van der Waals surface area contributed by atoms with E-state index in [1.165, 1.54) is 18.4 Å². The Morgan fingerprint density at radius 2 is 1.18 bits per heavy atom. The van der Waals surface area contributed by atoms with Crippen molar-refractivity contribution in [1.29, 1.82) is 0 Å². The first-order chi connectivity index (χ1) is 13.5. The number of hydrogen-bond donors (Lipinski definition) is 1. The first kappa shape index (κ1) is 21.4. The molecule has 0 saturated carbocycles. The monoisotopic (exact) mass is 377 g/mol. The van der Waals surface area contributed by atoms with E-state index in [2.05, 4.69) is 63.2 Å². The van der Waals surface area contributed by atoms with Crippen molar-refractivity contribution in [3.63, 3.8) is 0 Å². The molecule has 0 saturated heterocycles. The van der Waals surface area contributed by atoms with Gasteiger partial charge in [-0.05, 0) is 42.3 Å². The minimum atomic E-state index is 0.672. The van der Waals surface area contributed by atoms with Gasteiger partial charge in [-0.15, -0.1) is 0 Å². The summed E-state index contributed by atoms with van der Waals surface area (Å²) < 4.78 is 11.1. The summed E-state index contributed by atoms with van der Waals surface area (Å²) in [5, 5.41) is 0. The molecule has 0 aliphatic carbocycles. The van der Waals surface area contributed by atoms with Crippen LogP contribution in [0.1, 0.15) is 32.3 Å². The van der Waals surface area contributed by atoms with Crippen molar-refractivity contribution in [2.45, 2.75) is 33.6 Å². The standard InChI is InChI=1S/C21H21NO2.C4H10/c1-14-4-6-15(7-5-14)16-8-10-18(20(12-16)23-2)19-11-9-17(22)13-21(19)24-3;1-3-4-2/h4-13H,22H2,1-3H3;3-4H2,1-2H3. The largest absolute Gasteiger partial charge is 0.496 e. The van der Waals surface area contributed by atoms with Crippen molar-refractivity contribution in [2.75, 3.05) is 20.0 Å². The lowest BCUT2D eigenvalue weighted by Gasteiger charge is -2.14. The number of nitrogens with two attached hydrogens (primary N) is 1. The number of anilines is 1. The Hall–Kier alpha value is -2.94. The lowest BCUT2D eigenvalue weighted by Crippen LogP contribution is -1.94. The van der Waals surface area contributed by atoms with Crippen molar-refractivity contribution in [1.82, 2.24) is 0 Å². The number of aryl methyl sites for hydroxylation is 1. The second-order valence-corrected chi connectivity index (χ2v) is 6.74. The second-order valence-electron chi connectivity index (χ2n) is 6.74. The van der Waals surface area contributed by atoms with Crippen LogP contribution in [0.3, 0.4) is 0 Å². The third-order valence-electron chi connectivity index (χ3n) is 4.60. The number of methoxy groups -OCH3 is 2. The van der Waals surface area contributed by atoms with Gasteiger partial charge in [0.05, 0.1) is 14.2 Å². The molecular formula is C25H31NO2. The van der Waals surface area contributed by atoms with Gasteiger partial charge in [-0.25, -0.2) is 0 Å². The molecule has 3 heteroatoms. The minimum Gasteiger partial charge on any atom is -0.496 e. The molecule has 3 rings (SSSR count). The predicted octanol–water partition coefficient (Wildman–Crippen LogP) is 6.73. The first-order valence-corrected chi connectivity index (χ1v) is 9.73. The molecule has 3 aromatic rings. The van der Waals surface area contributed by atoms with E-state index in [0.717, 1.165) is 33.8 Å². The summed E-state index contributed by atoms with van der Waals surface area (Å²) in [5.41, 5.74) is 12.0. The molecule has 3 nitrogen and oxygen atoms in total. The average Bonchev–Trinajstić information content (AvgIpc) is 2.74. The van der Waals surface area contributed by atoms with Gasteiger partial charge in [-0.2, -0.15) is 0 Å². The molecule has 0 amide bonds. The van der Waals surface area contributed by atoms with Gasteiger partial charge in [0.15, 0.2) is 0 Å². The Kier molecular flexibility index (Phi) is 7.94. The van der Waals surface area contributed by atoms with Crippen LogP contribution >= 0.6 is 0 Å². The number of nitrogen functional groups attached to an aromatic ring is 1. The van der Waals surface area contributed by atoms with Gasteiger partial charge >= 0.3 is 0 Å². The van der Waals surface area contributed by atoms with Gasteiger partial charge < -0.3 is 15.2 Å². The lowest BCUT2D eigenvalue weighted by atomic mass is 9.98. The van der Waals surface area contributed by atoms with Gasteiger partial charge in [-0.1, -0.05) is 62.6 Å². The van der Waals surface area contributed by atoms with E-state index in [1.807, 2.05) is 18.2 Å². The highest BCUT2D eigenvalue weighted by Crippen LogP contribution is 2.39. The fourth-order valence-corrected chi connectivity index (χ4v) is 2.77. The molecule has 3 aromatic carbocycles. The molecule has 0 fully saturated rings. The highest BCUT2D eigenvalue weighted by atomic mass is 16.5. The van der Waals surface area contributed by atoms with Crippen molar-refractivity contribution in [3.05, 3.63) is 66.2 Å². The van der Waals surface area contributed by atoms with E-state index in [-0.39, 0.29) is 0 Å². The van der Waals surface area contributed by atoms with Crippen LogP contribution in [0.15, 0.2) is 60.7 Å². The summed E-state index contributed by atoms with van der Waals surface area (Å²) in [6, 6.07) is 20.3. The molecular weight excluding hydrogens is 346 g/mol. The van der Waals surface area contributed by atoms with Crippen molar-refractivity contribution >= 4 is 5.69 Å². The number of hydrogen-bond acceptors (Lipinski definition) is 3. The molecule has 0 atom stereocenters. The zero-order valence-electron chi connectivity index (χ0n) is 17.6. The molecule has 0 bridgehead atoms. The number of ether oxygens (including phenoxy) is 2. The van der Waals surface area contributed by atoms with Gasteiger partial charge in [0.1, 0.15) is 11.5 Å². The number of unbranched alkanes of at least 4 members (excludes halogenated alkanes) is 1. The van der Waals surface area contributed by atoms with E-state index >= 15 is 0 Å². The quantitative estimate of drug-likeness (QED) is 0.501. The maximum Gasteiger partial charge on any atom is 0.128 e. The van der Waals surface area contributed by atoms with E-state index in [4.69, 9.17) is 15.2 Å². The minimum absolute atomic E-state index is 0.672. The molecule has 28 heavy (non-hydrogen) atoms. The highest BCUT2D eigenvalue weighted by Gasteiger charge is 2.13. The smallest absolute Gasteiger partial charge is 0.128 e. The lowest BCUT2D eigenvalue weighted by molar-refractivity contribution is 0.410. The topological polar surface area (TPSA) is 44.5 Å². The second kappa shape index (κ2) is 10.4. The van der Waals surface area contributed by atoms with Crippen molar-refractivity contribution < 1.29 is 9.47 Å². The maximum atomic E-state index is 5.85. The molecule has 0 aliphatic rings. The summed E-state index contributed by atoms with van der Waals surface area (Å²) in [6.45, 7) is 6.45.